The molecule has 1 N–H and O–H groups in total. The van der Waals surface area contributed by atoms with Gasteiger partial charge >= 0.3 is 0 Å². The second kappa shape index (κ2) is 7.22. The van der Waals surface area contributed by atoms with Crippen LogP contribution in [0.5, 0.6) is 0 Å². The summed E-state index contributed by atoms with van der Waals surface area (Å²) >= 11 is 6.24. The van der Waals surface area contributed by atoms with Gasteiger partial charge in [-0.25, -0.2) is 4.39 Å². The molecule has 2 rings (SSSR count). The summed E-state index contributed by atoms with van der Waals surface area (Å²) in [5.41, 5.74) is 0.680. The minimum Gasteiger partial charge on any atom is -0.314 e. The molecule has 106 valence electrons. The fraction of sp³-hybridized carbons (Fsp3) is 0.600. The standard InChI is InChI=1S/C15H22ClFN2/c1-2-3-7-14(19-10-8-18-9-11-19)15-12(16)5-4-6-13(15)17/h4-6,14,18H,2-3,7-11H2,1H3/t14-/m1/s1. The summed E-state index contributed by atoms with van der Waals surface area (Å²) in [6.07, 6.45) is 3.19. The lowest BCUT2D eigenvalue weighted by molar-refractivity contribution is 0.160. The summed E-state index contributed by atoms with van der Waals surface area (Å²) in [5.74, 6) is -0.174. The highest BCUT2D eigenvalue weighted by molar-refractivity contribution is 6.31. The van der Waals surface area contributed by atoms with Gasteiger partial charge in [-0.15, -0.1) is 0 Å². The highest BCUT2D eigenvalue weighted by atomic mass is 35.5. The van der Waals surface area contributed by atoms with Gasteiger partial charge in [0.25, 0.3) is 0 Å². The number of rotatable bonds is 5. The van der Waals surface area contributed by atoms with Crippen molar-refractivity contribution < 1.29 is 4.39 Å². The quantitative estimate of drug-likeness (QED) is 0.888. The van der Waals surface area contributed by atoms with Crippen molar-refractivity contribution in [2.24, 2.45) is 0 Å². The Bertz CT molecular complexity index is 385. The van der Waals surface area contributed by atoms with E-state index in [1.54, 1.807) is 12.1 Å². The summed E-state index contributed by atoms with van der Waals surface area (Å²) in [6, 6.07) is 5.09. The SMILES string of the molecule is CCCC[C@H](c1c(F)cccc1Cl)N1CCNCC1. The van der Waals surface area contributed by atoms with E-state index in [1.165, 1.54) is 6.07 Å². The Balaban J connectivity index is 2.25. The largest absolute Gasteiger partial charge is 0.314 e. The third-order valence-corrected chi connectivity index (χ3v) is 4.09. The molecule has 1 aliphatic rings. The van der Waals surface area contributed by atoms with Gasteiger partial charge < -0.3 is 5.32 Å². The van der Waals surface area contributed by atoms with E-state index in [0.717, 1.165) is 45.4 Å². The minimum absolute atomic E-state index is 0.107. The minimum atomic E-state index is -0.174. The molecule has 1 saturated heterocycles. The molecular weight excluding hydrogens is 263 g/mol. The van der Waals surface area contributed by atoms with E-state index in [9.17, 15) is 4.39 Å². The molecule has 1 aliphatic heterocycles. The molecule has 0 amide bonds. The van der Waals surface area contributed by atoms with Crippen LogP contribution in [0.4, 0.5) is 4.39 Å². The molecule has 0 saturated carbocycles. The first-order valence-corrected chi connectivity index (χ1v) is 7.50. The highest BCUT2D eigenvalue weighted by Gasteiger charge is 2.25. The smallest absolute Gasteiger partial charge is 0.129 e. The van der Waals surface area contributed by atoms with Gasteiger partial charge in [-0.2, -0.15) is 0 Å². The third kappa shape index (κ3) is 3.68. The fourth-order valence-corrected chi connectivity index (χ4v) is 3.02. The number of nitrogens with zero attached hydrogens (tertiary/aromatic N) is 1. The van der Waals surface area contributed by atoms with Crippen LogP contribution in [0.15, 0.2) is 18.2 Å². The van der Waals surface area contributed by atoms with E-state index in [1.807, 2.05) is 0 Å². The van der Waals surface area contributed by atoms with Gasteiger partial charge in [0.2, 0.25) is 0 Å². The van der Waals surface area contributed by atoms with Gasteiger partial charge in [-0.05, 0) is 18.6 Å². The molecule has 0 aromatic heterocycles. The van der Waals surface area contributed by atoms with Crippen molar-refractivity contribution in [3.05, 3.63) is 34.6 Å². The molecule has 4 heteroatoms. The molecule has 0 unspecified atom stereocenters. The molecule has 0 aliphatic carbocycles. The van der Waals surface area contributed by atoms with Crippen LogP contribution >= 0.6 is 11.6 Å². The first-order valence-electron chi connectivity index (χ1n) is 7.12. The maximum Gasteiger partial charge on any atom is 0.129 e. The number of piperazine rings is 1. The average molecular weight is 285 g/mol. The molecule has 2 nitrogen and oxygen atoms in total. The predicted molar refractivity (Wildman–Crippen MR) is 78.1 cm³/mol. The van der Waals surface area contributed by atoms with Gasteiger partial charge in [-0.1, -0.05) is 37.4 Å². The van der Waals surface area contributed by atoms with Crippen molar-refractivity contribution in [2.45, 2.75) is 32.2 Å². The van der Waals surface area contributed by atoms with Crippen LogP contribution < -0.4 is 5.32 Å². The van der Waals surface area contributed by atoms with Gasteiger partial charge in [-0.3, -0.25) is 4.90 Å². The number of benzene rings is 1. The van der Waals surface area contributed by atoms with Crippen molar-refractivity contribution in [1.82, 2.24) is 10.2 Å². The molecule has 1 aromatic rings. The molecular formula is C15H22ClFN2. The van der Waals surface area contributed by atoms with Gasteiger partial charge in [0.05, 0.1) is 0 Å². The predicted octanol–water partition coefficient (Wildman–Crippen LogP) is 3.62. The van der Waals surface area contributed by atoms with Crippen LogP contribution in [0, 0.1) is 5.82 Å². The zero-order valence-corrected chi connectivity index (χ0v) is 12.2. The topological polar surface area (TPSA) is 15.3 Å². The fourth-order valence-electron chi connectivity index (χ4n) is 2.73. The van der Waals surface area contributed by atoms with Crippen molar-refractivity contribution in [3.63, 3.8) is 0 Å². The Hall–Kier alpha value is -0.640. The molecule has 19 heavy (non-hydrogen) atoms. The molecule has 1 atom stereocenters. The van der Waals surface area contributed by atoms with Crippen LogP contribution in [0.3, 0.4) is 0 Å². The van der Waals surface area contributed by atoms with Gasteiger partial charge in [0.15, 0.2) is 0 Å². The van der Waals surface area contributed by atoms with E-state index in [4.69, 9.17) is 11.6 Å². The van der Waals surface area contributed by atoms with Crippen LogP contribution in [0.2, 0.25) is 5.02 Å². The second-order valence-electron chi connectivity index (χ2n) is 5.08. The molecule has 1 aromatic carbocycles. The van der Waals surface area contributed by atoms with E-state index >= 15 is 0 Å². The molecule has 0 spiro atoms. The summed E-state index contributed by atoms with van der Waals surface area (Å²) in [7, 11) is 0. The van der Waals surface area contributed by atoms with Gasteiger partial charge in [0, 0.05) is 42.8 Å². The molecule has 1 fully saturated rings. The number of unbranched alkanes of at least 4 members (excludes halogenated alkanes) is 1. The van der Waals surface area contributed by atoms with Crippen molar-refractivity contribution >= 4 is 11.6 Å². The van der Waals surface area contributed by atoms with Crippen LogP contribution in [-0.2, 0) is 0 Å². The Morgan fingerprint density at radius 2 is 2.11 bits per heavy atom. The lowest BCUT2D eigenvalue weighted by Crippen LogP contribution is -2.45. The average Bonchev–Trinajstić information content (AvgIpc) is 2.43. The third-order valence-electron chi connectivity index (χ3n) is 3.76. The Morgan fingerprint density at radius 3 is 2.74 bits per heavy atom. The number of nitrogens with one attached hydrogen (secondary N) is 1. The van der Waals surface area contributed by atoms with Gasteiger partial charge in [0.1, 0.15) is 5.82 Å². The summed E-state index contributed by atoms with van der Waals surface area (Å²) in [4.78, 5) is 2.36. The summed E-state index contributed by atoms with van der Waals surface area (Å²) in [6.45, 7) is 6.01. The first kappa shape index (κ1) is 14.8. The normalized spacial score (nSPS) is 18.5. The summed E-state index contributed by atoms with van der Waals surface area (Å²) in [5, 5.41) is 3.89. The zero-order valence-electron chi connectivity index (χ0n) is 11.5. The maximum atomic E-state index is 14.2. The van der Waals surface area contributed by atoms with E-state index in [2.05, 4.69) is 17.1 Å². The lowest BCUT2D eigenvalue weighted by Gasteiger charge is -2.35. The first-order chi connectivity index (χ1) is 9.24. The zero-order chi connectivity index (χ0) is 13.7. The van der Waals surface area contributed by atoms with Crippen molar-refractivity contribution in [3.8, 4) is 0 Å². The number of hydrogen-bond acceptors (Lipinski definition) is 2. The monoisotopic (exact) mass is 284 g/mol. The van der Waals surface area contributed by atoms with Crippen LogP contribution in [-0.4, -0.2) is 31.1 Å². The van der Waals surface area contributed by atoms with E-state index < -0.39 is 0 Å². The van der Waals surface area contributed by atoms with Crippen molar-refractivity contribution in [2.75, 3.05) is 26.2 Å². The highest BCUT2D eigenvalue weighted by Crippen LogP contribution is 2.33. The molecule has 0 radical (unpaired) electrons. The van der Waals surface area contributed by atoms with Crippen molar-refractivity contribution in [1.29, 1.82) is 0 Å². The Morgan fingerprint density at radius 1 is 1.37 bits per heavy atom. The van der Waals surface area contributed by atoms with E-state index in [-0.39, 0.29) is 11.9 Å². The molecule has 1 heterocycles. The Labute approximate surface area is 119 Å². The maximum absolute atomic E-state index is 14.2. The molecule has 0 bridgehead atoms. The number of hydrogen-bond donors (Lipinski definition) is 1. The lowest BCUT2D eigenvalue weighted by atomic mass is 9.98. The van der Waals surface area contributed by atoms with E-state index in [0.29, 0.717) is 10.6 Å². The number of halogens is 2. The van der Waals surface area contributed by atoms with Crippen LogP contribution in [0.25, 0.3) is 0 Å². The summed E-state index contributed by atoms with van der Waals surface area (Å²) < 4.78 is 14.2. The van der Waals surface area contributed by atoms with Crippen LogP contribution in [0.1, 0.15) is 37.8 Å². The second-order valence-corrected chi connectivity index (χ2v) is 5.49. The Kier molecular flexibility index (Phi) is 5.61.